The molecule has 128 valence electrons. The van der Waals surface area contributed by atoms with Crippen molar-refractivity contribution in [2.45, 2.75) is 44.6 Å². The quantitative estimate of drug-likeness (QED) is 0.912. The van der Waals surface area contributed by atoms with Crippen LogP contribution in [0.4, 0.5) is 4.79 Å². The highest BCUT2D eigenvalue weighted by Gasteiger charge is 2.31. The highest BCUT2D eigenvalue weighted by atomic mass is 32.2. The number of hydrogen-bond donors (Lipinski definition) is 1. The van der Waals surface area contributed by atoms with Gasteiger partial charge in [0.25, 0.3) is 0 Å². The number of rotatable bonds is 4. The molecule has 0 aliphatic carbocycles. The summed E-state index contributed by atoms with van der Waals surface area (Å²) in [5.41, 5.74) is 1.68. The Kier molecular flexibility index (Phi) is 5.64. The van der Waals surface area contributed by atoms with Crippen LogP contribution in [0, 0.1) is 13.8 Å². The molecule has 1 aromatic carbocycles. The molecule has 0 radical (unpaired) electrons. The lowest BCUT2D eigenvalue weighted by Gasteiger charge is -2.31. The summed E-state index contributed by atoms with van der Waals surface area (Å²) in [7, 11) is -3.49. The van der Waals surface area contributed by atoms with Crippen molar-refractivity contribution in [2.24, 2.45) is 0 Å². The van der Waals surface area contributed by atoms with Crippen LogP contribution in [0.15, 0.2) is 23.1 Å². The van der Waals surface area contributed by atoms with Gasteiger partial charge >= 0.3 is 6.09 Å². The van der Waals surface area contributed by atoms with Crippen molar-refractivity contribution in [3.8, 4) is 0 Å². The Morgan fingerprint density at radius 2 is 1.96 bits per heavy atom. The van der Waals surface area contributed by atoms with Crippen LogP contribution < -0.4 is 5.32 Å². The van der Waals surface area contributed by atoms with Gasteiger partial charge in [0, 0.05) is 19.1 Å². The standard InChI is InChI=1S/C16H24N2O4S/c1-4-22-16(19)17-14-7-9-18(10-8-14)23(20,21)15-11-12(2)5-6-13(15)3/h5-6,11,14H,4,7-10H2,1-3H3,(H,17,19). The number of nitrogens with zero attached hydrogens (tertiary/aromatic N) is 1. The first kappa shape index (κ1) is 17.7. The van der Waals surface area contributed by atoms with Gasteiger partial charge in [0.15, 0.2) is 0 Å². The number of carbonyl (C=O) groups is 1. The zero-order valence-corrected chi connectivity index (χ0v) is 14.6. The van der Waals surface area contributed by atoms with E-state index in [2.05, 4.69) is 5.32 Å². The lowest BCUT2D eigenvalue weighted by molar-refractivity contribution is 0.143. The first-order chi connectivity index (χ1) is 10.8. The molecule has 0 bridgehead atoms. The molecule has 1 aliphatic rings. The summed E-state index contributed by atoms with van der Waals surface area (Å²) >= 11 is 0. The number of ether oxygens (including phenoxy) is 1. The molecule has 0 saturated carbocycles. The summed E-state index contributed by atoms with van der Waals surface area (Å²) in [6.07, 6.45) is 0.731. The molecule has 2 rings (SSSR count). The van der Waals surface area contributed by atoms with Crippen LogP contribution in [0.2, 0.25) is 0 Å². The Bertz CT molecular complexity index is 665. The van der Waals surface area contributed by atoms with Gasteiger partial charge in [-0.15, -0.1) is 0 Å². The molecule has 1 N–H and O–H groups in total. The second kappa shape index (κ2) is 7.31. The van der Waals surface area contributed by atoms with Gasteiger partial charge in [0.2, 0.25) is 10.0 Å². The highest BCUT2D eigenvalue weighted by molar-refractivity contribution is 7.89. The van der Waals surface area contributed by atoms with Crippen molar-refractivity contribution in [1.29, 1.82) is 0 Å². The van der Waals surface area contributed by atoms with E-state index in [-0.39, 0.29) is 6.04 Å². The third-order valence-electron chi connectivity index (χ3n) is 4.01. The van der Waals surface area contributed by atoms with E-state index >= 15 is 0 Å². The normalized spacial score (nSPS) is 17.0. The van der Waals surface area contributed by atoms with Gasteiger partial charge in [0.05, 0.1) is 11.5 Å². The van der Waals surface area contributed by atoms with E-state index in [1.54, 1.807) is 19.9 Å². The first-order valence-electron chi connectivity index (χ1n) is 7.85. The molecule has 23 heavy (non-hydrogen) atoms. The summed E-state index contributed by atoms with van der Waals surface area (Å²) in [5, 5.41) is 2.77. The van der Waals surface area contributed by atoms with E-state index in [1.807, 2.05) is 19.1 Å². The number of nitrogens with one attached hydrogen (secondary N) is 1. The van der Waals surface area contributed by atoms with Crippen LogP contribution >= 0.6 is 0 Å². The Morgan fingerprint density at radius 3 is 2.57 bits per heavy atom. The van der Waals surface area contributed by atoms with Crippen LogP contribution in [-0.2, 0) is 14.8 Å². The van der Waals surface area contributed by atoms with E-state index in [9.17, 15) is 13.2 Å². The SMILES string of the molecule is CCOC(=O)NC1CCN(S(=O)(=O)c2cc(C)ccc2C)CC1. The smallest absolute Gasteiger partial charge is 0.407 e. The molecule has 1 heterocycles. The van der Waals surface area contributed by atoms with Crippen LogP contribution in [0.1, 0.15) is 30.9 Å². The van der Waals surface area contributed by atoms with Gasteiger partial charge in [-0.05, 0) is 50.8 Å². The molecule has 1 fully saturated rings. The fourth-order valence-electron chi connectivity index (χ4n) is 2.70. The topological polar surface area (TPSA) is 75.7 Å². The molecule has 6 nitrogen and oxygen atoms in total. The van der Waals surface area contributed by atoms with Crippen molar-refractivity contribution in [3.05, 3.63) is 29.3 Å². The Hall–Kier alpha value is -1.60. The van der Waals surface area contributed by atoms with Crippen molar-refractivity contribution in [2.75, 3.05) is 19.7 Å². The number of sulfonamides is 1. The fraction of sp³-hybridized carbons (Fsp3) is 0.562. The zero-order valence-electron chi connectivity index (χ0n) is 13.8. The van der Waals surface area contributed by atoms with Gasteiger partial charge < -0.3 is 10.1 Å². The van der Waals surface area contributed by atoms with E-state index in [0.717, 1.165) is 11.1 Å². The summed E-state index contributed by atoms with van der Waals surface area (Å²) in [6.45, 7) is 6.56. The van der Waals surface area contributed by atoms with Crippen LogP contribution in [0.5, 0.6) is 0 Å². The average molecular weight is 340 g/mol. The van der Waals surface area contributed by atoms with Crippen LogP contribution in [-0.4, -0.2) is 44.6 Å². The number of piperidine rings is 1. The monoisotopic (exact) mass is 340 g/mol. The maximum atomic E-state index is 12.8. The van der Waals surface area contributed by atoms with Crippen molar-refractivity contribution in [3.63, 3.8) is 0 Å². The lowest BCUT2D eigenvalue weighted by atomic mass is 10.1. The third kappa shape index (κ3) is 4.23. The summed E-state index contributed by atoms with van der Waals surface area (Å²) in [4.78, 5) is 11.8. The molecule has 7 heteroatoms. The lowest BCUT2D eigenvalue weighted by Crippen LogP contribution is -2.46. The van der Waals surface area contributed by atoms with Gasteiger partial charge in [-0.25, -0.2) is 13.2 Å². The van der Waals surface area contributed by atoms with Gasteiger partial charge in [-0.2, -0.15) is 4.31 Å². The predicted molar refractivity (Wildman–Crippen MR) is 87.9 cm³/mol. The highest BCUT2D eigenvalue weighted by Crippen LogP contribution is 2.24. The van der Waals surface area contributed by atoms with E-state index in [4.69, 9.17) is 4.74 Å². The Morgan fingerprint density at radius 1 is 1.30 bits per heavy atom. The van der Waals surface area contributed by atoms with Crippen molar-refractivity contribution < 1.29 is 17.9 Å². The minimum absolute atomic E-state index is 0.0425. The minimum Gasteiger partial charge on any atom is -0.450 e. The molecule has 0 atom stereocenters. The molecule has 1 aliphatic heterocycles. The second-order valence-electron chi connectivity index (χ2n) is 5.81. The maximum Gasteiger partial charge on any atom is 0.407 e. The van der Waals surface area contributed by atoms with Gasteiger partial charge in [0.1, 0.15) is 0 Å². The van der Waals surface area contributed by atoms with E-state index in [1.165, 1.54) is 4.31 Å². The summed E-state index contributed by atoms with van der Waals surface area (Å²) in [6, 6.07) is 5.41. The maximum absolute atomic E-state index is 12.8. The third-order valence-corrected chi connectivity index (χ3v) is 6.05. The molecule has 1 saturated heterocycles. The molecule has 1 amide bonds. The Balaban J connectivity index is 2.04. The molecule has 0 spiro atoms. The van der Waals surface area contributed by atoms with E-state index in [0.29, 0.717) is 37.4 Å². The molecule has 0 aromatic heterocycles. The number of benzene rings is 1. The number of alkyl carbamates (subject to hydrolysis) is 1. The number of amides is 1. The van der Waals surface area contributed by atoms with Crippen LogP contribution in [0.25, 0.3) is 0 Å². The first-order valence-corrected chi connectivity index (χ1v) is 9.29. The minimum atomic E-state index is -3.49. The van der Waals surface area contributed by atoms with Crippen LogP contribution in [0.3, 0.4) is 0 Å². The van der Waals surface area contributed by atoms with Crippen molar-refractivity contribution >= 4 is 16.1 Å². The number of aryl methyl sites for hydroxylation is 2. The Labute approximate surface area is 137 Å². The number of hydrogen-bond acceptors (Lipinski definition) is 4. The van der Waals surface area contributed by atoms with Gasteiger partial charge in [-0.1, -0.05) is 12.1 Å². The number of carbonyl (C=O) groups excluding carboxylic acids is 1. The largest absolute Gasteiger partial charge is 0.450 e. The zero-order chi connectivity index (χ0) is 17.0. The molecule has 0 unspecified atom stereocenters. The van der Waals surface area contributed by atoms with Gasteiger partial charge in [-0.3, -0.25) is 0 Å². The molecular formula is C16H24N2O4S. The van der Waals surface area contributed by atoms with E-state index < -0.39 is 16.1 Å². The second-order valence-corrected chi connectivity index (χ2v) is 7.72. The summed E-state index contributed by atoms with van der Waals surface area (Å²) in [5.74, 6) is 0. The molecular weight excluding hydrogens is 316 g/mol. The summed E-state index contributed by atoms with van der Waals surface area (Å²) < 4.78 is 32.0. The average Bonchev–Trinajstić information content (AvgIpc) is 2.50. The predicted octanol–water partition coefficient (Wildman–Crippen LogP) is 2.20. The molecule has 1 aromatic rings. The fourth-order valence-corrected chi connectivity index (χ4v) is 4.48. The van der Waals surface area contributed by atoms with Crippen molar-refractivity contribution in [1.82, 2.24) is 9.62 Å².